The van der Waals surface area contributed by atoms with E-state index < -0.39 is 11.7 Å². The second-order valence-corrected chi connectivity index (χ2v) is 6.06. The summed E-state index contributed by atoms with van der Waals surface area (Å²) < 4.78 is 39.1. The van der Waals surface area contributed by atoms with E-state index in [0.717, 1.165) is 35.5 Å². The Hall–Kier alpha value is -2.27. The number of likely N-dealkylation sites (N-methyl/N-ethyl adjacent to an activating group) is 1. The normalized spacial score (nSPS) is 17.2. The van der Waals surface area contributed by atoms with Crippen molar-refractivity contribution < 1.29 is 13.2 Å². The van der Waals surface area contributed by atoms with Crippen LogP contribution in [0.4, 0.5) is 24.5 Å². The van der Waals surface area contributed by atoms with Crippen LogP contribution in [-0.2, 0) is 6.18 Å². The number of rotatable bonds is 0. The Labute approximate surface area is 132 Å². The maximum atomic E-state index is 13.0. The van der Waals surface area contributed by atoms with Crippen LogP contribution in [0.2, 0.25) is 0 Å². The molecule has 23 heavy (non-hydrogen) atoms. The number of hydrogen-bond acceptors (Lipinski definition) is 2. The summed E-state index contributed by atoms with van der Waals surface area (Å²) >= 11 is 0. The lowest BCUT2D eigenvalue weighted by molar-refractivity contribution is -0.137. The Morgan fingerprint density at radius 1 is 0.913 bits per heavy atom. The molecule has 0 atom stereocenters. The van der Waals surface area contributed by atoms with E-state index in [1.807, 2.05) is 31.3 Å². The highest BCUT2D eigenvalue weighted by Gasteiger charge is 2.33. The fourth-order valence-corrected chi connectivity index (χ4v) is 3.37. The number of hydrogen-bond donors (Lipinski definition) is 1. The van der Waals surface area contributed by atoms with Gasteiger partial charge in [0, 0.05) is 35.6 Å². The molecule has 2 aromatic rings. The lowest BCUT2D eigenvalue weighted by Crippen LogP contribution is -2.15. The molecule has 0 saturated heterocycles. The molecule has 2 aliphatic rings. The number of anilines is 2. The first-order valence-electron chi connectivity index (χ1n) is 7.42. The number of fused-ring (bicyclic) bond motifs is 4. The van der Waals surface area contributed by atoms with E-state index in [0.29, 0.717) is 5.69 Å². The van der Waals surface area contributed by atoms with Gasteiger partial charge in [0.25, 0.3) is 0 Å². The molecule has 5 heteroatoms. The second kappa shape index (κ2) is 4.86. The maximum absolute atomic E-state index is 13.0. The molecule has 0 saturated carbocycles. The van der Waals surface area contributed by atoms with Crippen LogP contribution in [0.3, 0.4) is 0 Å². The SMILES string of the molecule is CN1CC2=C(C1)c1ccc(C(F)(F)F)cc1Nc1ccccc12. The third kappa shape index (κ3) is 2.32. The van der Waals surface area contributed by atoms with Crippen LogP contribution in [-0.4, -0.2) is 25.0 Å². The molecule has 0 fully saturated rings. The lowest BCUT2D eigenvalue weighted by atomic mass is 9.96. The molecule has 2 nitrogen and oxygen atoms in total. The molecular weight excluding hydrogens is 301 g/mol. The van der Waals surface area contributed by atoms with Gasteiger partial charge in [-0.1, -0.05) is 24.3 Å². The molecule has 0 bridgehead atoms. The topological polar surface area (TPSA) is 15.3 Å². The van der Waals surface area contributed by atoms with Gasteiger partial charge in [0.15, 0.2) is 0 Å². The Morgan fingerprint density at radius 2 is 1.57 bits per heavy atom. The quantitative estimate of drug-likeness (QED) is 0.763. The molecule has 0 aromatic heterocycles. The van der Waals surface area contributed by atoms with Crippen LogP contribution in [0.5, 0.6) is 0 Å². The molecule has 1 N–H and O–H groups in total. The third-order valence-electron chi connectivity index (χ3n) is 4.41. The van der Waals surface area contributed by atoms with E-state index in [1.165, 1.54) is 17.7 Å². The van der Waals surface area contributed by atoms with E-state index in [9.17, 15) is 13.2 Å². The van der Waals surface area contributed by atoms with E-state index in [-0.39, 0.29) is 0 Å². The standard InChI is InChI=1S/C18H15F3N2/c1-23-9-14-12-4-2-3-5-16(12)22-17-8-11(18(19,20)21)6-7-13(17)15(14)10-23/h2-8,22H,9-10H2,1H3. The minimum atomic E-state index is -4.34. The summed E-state index contributed by atoms with van der Waals surface area (Å²) in [6.07, 6.45) is -4.34. The molecule has 0 unspecified atom stereocenters. The van der Waals surface area contributed by atoms with Crippen molar-refractivity contribution in [3.05, 3.63) is 59.2 Å². The van der Waals surface area contributed by atoms with Crippen LogP contribution in [0.1, 0.15) is 16.7 Å². The van der Waals surface area contributed by atoms with E-state index >= 15 is 0 Å². The highest BCUT2D eigenvalue weighted by Crippen LogP contribution is 2.44. The van der Waals surface area contributed by atoms with Gasteiger partial charge in [-0.15, -0.1) is 0 Å². The summed E-state index contributed by atoms with van der Waals surface area (Å²) in [5, 5.41) is 3.20. The van der Waals surface area contributed by atoms with E-state index in [1.54, 1.807) is 6.07 Å². The summed E-state index contributed by atoms with van der Waals surface area (Å²) in [4.78, 5) is 2.17. The second-order valence-electron chi connectivity index (χ2n) is 6.06. The summed E-state index contributed by atoms with van der Waals surface area (Å²) in [6, 6.07) is 11.7. The van der Waals surface area contributed by atoms with Crippen LogP contribution in [0.25, 0.3) is 11.1 Å². The number of benzene rings is 2. The van der Waals surface area contributed by atoms with Gasteiger partial charge in [-0.25, -0.2) is 0 Å². The zero-order valence-electron chi connectivity index (χ0n) is 12.5. The van der Waals surface area contributed by atoms with Gasteiger partial charge in [0.05, 0.1) is 5.56 Å². The highest BCUT2D eigenvalue weighted by atomic mass is 19.4. The van der Waals surface area contributed by atoms with Crippen molar-refractivity contribution in [3.8, 4) is 0 Å². The average Bonchev–Trinajstić information content (AvgIpc) is 2.83. The van der Waals surface area contributed by atoms with Gasteiger partial charge in [-0.2, -0.15) is 13.2 Å². The van der Waals surface area contributed by atoms with Crippen LogP contribution >= 0.6 is 0 Å². The Bertz CT molecular complexity index is 821. The molecule has 118 valence electrons. The highest BCUT2D eigenvalue weighted by molar-refractivity contribution is 6.03. The fraction of sp³-hybridized carbons (Fsp3) is 0.222. The average molecular weight is 316 g/mol. The molecule has 0 spiro atoms. The first kappa shape index (κ1) is 14.3. The lowest BCUT2D eigenvalue weighted by Gasteiger charge is -2.16. The predicted octanol–water partition coefficient (Wildman–Crippen LogP) is 4.62. The largest absolute Gasteiger partial charge is 0.416 e. The van der Waals surface area contributed by atoms with Crippen molar-refractivity contribution in [2.45, 2.75) is 6.18 Å². The fourth-order valence-electron chi connectivity index (χ4n) is 3.37. The minimum Gasteiger partial charge on any atom is -0.355 e. The number of alkyl halides is 3. The first-order valence-corrected chi connectivity index (χ1v) is 7.42. The van der Waals surface area contributed by atoms with Crippen molar-refractivity contribution in [2.24, 2.45) is 0 Å². The smallest absolute Gasteiger partial charge is 0.355 e. The van der Waals surface area contributed by atoms with Crippen LogP contribution in [0.15, 0.2) is 42.5 Å². The van der Waals surface area contributed by atoms with Crippen molar-refractivity contribution >= 4 is 22.5 Å². The molecule has 4 rings (SSSR count). The van der Waals surface area contributed by atoms with Crippen molar-refractivity contribution in [1.29, 1.82) is 0 Å². The van der Waals surface area contributed by atoms with Crippen LogP contribution < -0.4 is 5.32 Å². The van der Waals surface area contributed by atoms with Crippen molar-refractivity contribution in [3.63, 3.8) is 0 Å². The maximum Gasteiger partial charge on any atom is 0.416 e. The molecule has 2 aliphatic heterocycles. The zero-order valence-corrected chi connectivity index (χ0v) is 12.5. The minimum absolute atomic E-state index is 0.521. The monoisotopic (exact) mass is 316 g/mol. The van der Waals surface area contributed by atoms with Gasteiger partial charge in [0.2, 0.25) is 0 Å². The summed E-state index contributed by atoms with van der Waals surface area (Å²) in [5.41, 5.74) is 4.96. The van der Waals surface area contributed by atoms with Gasteiger partial charge < -0.3 is 5.32 Å². The number of para-hydroxylation sites is 1. The third-order valence-corrected chi connectivity index (χ3v) is 4.41. The van der Waals surface area contributed by atoms with Gasteiger partial charge in [-0.3, -0.25) is 4.90 Å². The predicted molar refractivity (Wildman–Crippen MR) is 85.5 cm³/mol. The Kier molecular flexibility index (Phi) is 3.03. The Morgan fingerprint density at radius 3 is 2.26 bits per heavy atom. The van der Waals surface area contributed by atoms with E-state index in [2.05, 4.69) is 10.2 Å². The van der Waals surface area contributed by atoms with Gasteiger partial charge in [0.1, 0.15) is 0 Å². The summed E-state index contributed by atoms with van der Waals surface area (Å²) in [7, 11) is 2.02. The molecule has 2 heterocycles. The molecule has 0 amide bonds. The number of nitrogens with one attached hydrogen (secondary N) is 1. The number of halogens is 3. The van der Waals surface area contributed by atoms with Crippen LogP contribution in [0, 0.1) is 0 Å². The summed E-state index contributed by atoms with van der Waals surface area (Å²) in [5.74, 6) is 0. The molecule has 2 aromatic carbocycles. The Balaban J connectivity index is 1.95. The number of nitrogens with zero attached hydrogens (tertiary/aromatic N) is 1. The van der Waals surface area contributed by atoms with Gasteiger partial charge in [-0.05, 0) is 36.4 Å². The zero-order chi connectivity index (χ0) is 16.2. The van der Waals surface area contributed by atoms with E-state index in [4.69, 9.17) is 0 Å². The summed E-state index contributed by atoms with van der Waals surface area (Å²) in [6.45, 7) is 1.54. The van der Waals surface area contributed by atoms with Crippen molar-refractivity contribution in [1.82, 2.24) is 4.90 Å². The van der Waals surface area contributed by atoms with Crippen molar-refractivity contribution in [2.75, 3.05) is 25.5 Å². The molecule has 0 radical (unpaired) electrons. The first-order chi connectivity index (χ1) is 10.9. The molecular formula is C18H15F3N2. The van der Waals surface area contributed by atoms with Gasteiger partial charge >= 0.3 is 6.18 Å². The molecule has 0 aliphatic carbocycles.